The predicted molar refractivity (Wildman–Crippen MR) is 65.5 cm³/mol. The summed E-state index contributed by atoms with van der Waals surface area (Å²) in [4.78, 5) is 0. The van der Waals surface area contributed by atoms with Gasteiger partial charge in [-0.05, 0) is 43.5 Å². The molecule has 0 saturated heterocycles. The van der Waals surface area contributed by atoms with Crippen LogP contribution in [0.4, 0.5) is 0 Å². The number of aromatic hydroxyl groups is 1. The third-order valence-electron chi connectivity index (χ3n) is 2.47. The van der Waals surface area contributed by atoms with Crippen LogP contribution in [0.2, 0.25) is 0 Å². The molecule has 0 aliphatic heterocycles. The summed E-state index contributed by atoms with van der Waals surface area (Å²) in [5.74, 6) is 0.323. The van der Waals surface area contributed by atoms with Crippen LogP contribution < -0.4 is 5.32 Å². The maximum Gasteiger partial charge on any atom is 0.115 e. The summed E-state index contributed by atoms with van der Waals surface area (Å²) in [5, 5.41) is 12.5. The number of hydrogen-bond acceptors (Lipinski definition) is 3. The molecule has 0 amide bonds. The first-order chi connectivity index (χ1) is 7.83. The summed E-state index contributed by atoms with van der Waals surface area (Å²) >= 11 is 0. The lowest BCUT2D eigenvalue weighted by atomic mass is 10.2. The highest BCUT2D eigenvalue weighted by Gasteiger charge is 1.93. The first kappa shape index (κ1) is 13.0. The van der Waals surface area contributed by atoms with Crippen LogP contribution in [0.5, 0.6) is 5.75 Å². The molecule has 3 heteroatoms. The van der Waals surface area contributed by atoms with Crippen molar-refractivity contribution in [1.82, 2.24) is 5.32 Å². The smallest absolute Gasteiger partial charge is 0.115 e. The van der Waals surface area contributed by atoms with Crippen LogP contribution in [0.3, 0.4) is 0 Å². The fourth-order valence-electron chi connectivity index (χ4n) is 1.52. The molecule has 1 rings (SSSR count). The van der Waals surface area contributed by atoms with Gasteiger partial charge in [-0.2, -0.15) is 0 Å². The number of unbranched alkanes of at least 4 members (excludes halogenated alkanes) is 2. The zero-order valence-electron chi connectivity index (χ0n) is 9.91. The van der Waals surface area contributed by atoms with E-state index in [-0.39, 0.29) is 0 Å². The predicted octanol–water partition coefficient (Wildman–Crippen LogP) is 2.30. The van der Waals surface area contributed by atoms with Gasteiger partial charge in [0.15, 0.2) is 0 Å². The van der Waals surface area contributed by atoms with Gasteiger partial charge in [-0.15, -0.1) is 0 Å². The van der Waals surface area contributed by atoms with E-state index < -0.39 is 0 Å². The molecule has 2 N–H and O–H groups in total. The van der Waals surface area contributed by atoms with E-state index in [0.717, 1.165) is 26.1 Å². The molecule has 3 nitrogen and oxygen atoms in total. The van der Waals surface area contributed by atoms with Gasteiger partial charge in [0.05, 0.1) is 0 Å². The second-order valence-corrected chi connectivity index (χ2v) is 3.90. The molecule has 0 heterocycles. The van der Waals surface area contributed by atoms with Gasteiger partial charge in [0, 0.05) is 20.3 Å². The van der Waals surface area contributed by atoms with Gasteiger partial charge in [0.25, 0.3) is 0 Å². The maximum atomic E-state index is 9.12. The highest BCUT2D eigenvalue weighted by molar-refractivity contribution is 5.25. The molecule has 90 valence electrons. The van der Waals surface area contributed by atoms with Crippen LogP contribution in [-0.4, -0.2) is 25.4 Å². The molecule has 1 aromatic carbocycles. The Bertz CT molecular complexity index is 272. The largest absolute Gasteiger partial charge is 0.508 e. The minimum Gasteiger partial charge on any atom is -0.508 e. The minimum absolute atomic E-state index is 0.323. The van der Waals surface area contributed by atoms with E-state index in [2.05, 4.69) is 5.32 Å². The van der Waals surface area contributed by atoms with Gasteiger partial charge in [0.2, 0.25) is 0 Å². The Balaban J connectivity index is 2.01. The summed E-state index contributed by atoms with van der Waals surface area (Å²) in [6.45, 7) is 2.76. The van der Waals surface area contributed by atoms with Gasteiger partial charge in [0.1, 0.15) is 5.75 Å². The molecule has 16 heavy (non-hydrogen) atoms. The quantitative estimate of drug-likeness (QED) is 0.664. The Morgan fingerprint density at radius 1 is 1.12 bits per heavy atom. The second-order valence-electron chi connectivity index (χ2n) is 3.90. The lowest BCUT2D eigenvalue weighted by Gasteiger charge is -2.05. The Labute approximate surface area is 97.4 Å². The maximum absolute atomic E-state index is 9.12. The van der Waals surface area contributed by atoms with Gasteiger partial charge in [-0.1, -0.05) is 12.1 Å². The Morgan fingerprint density at radius 3 is 2.56 bits per heavy atom. The van der Waals surface area contributed by atoms with Crippen LogP contribution >= 0.6 is 0 Å². The molecule has 0 bridgehead atoms. The SMILES string of the molecule is COCCCCCNCc1ccc(O)cc1. The monoisotopic (exact) mass is 223 g/mol. The van der Waals surface area contributed by atoms with E-state index in [1.807, 2.05) is 12.1 Å². The zero-order chi connectivity index (χ0) is 11.6. The van der Waals surface area contributed by atoms with Crippen LogP contribution in [0.15, 0.2) is 24.3 Å². The van der Waals surface area contributed by atoms with Gasteiger partial charge in [-0.25, -0.2) is 0 Å². The van der Waals surface area contributed by atoms with E-state index in [4.69, 9.17) is 9.84 Å². The number of methoxy groups -OCH3 is 1. The zero-order valence-corrected chi connectivity index (χ0v) is 9.91. The van der Waals surface area contributed by atoms with Crippen molar-refractivity contribution in [3.05, 3.63) is 29.8 Å². The number of benzene rings is 1. The van der Waals surface area contributed by atoms with Crippen molar-refractivity contribution < 1.29 is 9.84 Å². The summed E-state index contributed by atoms with van der Waals surface area (Å²) in [6.07, 6.45) is 3.52. The van der Waals surface area contributed by atoms with Crippen molar-refractivity contribution in [2.45, 2.75) is 25.8 Å². The number of phenols is 1. The molecule has 0 saturated carbocycles. The highest BCUT2D eigenvalue weighted by Crippen LogP contribution is 2.09. The molecule has 0 atom stereocenters. The van der Waals surface area contributed by atoms with E-state index in [0.29, 0.717) is 5.75 Å². The van der Waals surface area contributed by atoms with Gasteiger partial charge in [-0.3, -0.25) is 0 Å². The van der Waals surface area contributed by atoms with Crippen LogP contribution in [-0.2, 0) is 11.3 Å². The number of nitrogens with one attached hydrogen (secondary N) is 1. The summed E-state index contributed by atoms with van der Waals surface area (Å²) in [5.41, 5.74) is 1.20. The molecular weight excluding hydrogens is 202 g/mol. The lowest BCUT2D eigenvalue weighted by Crippen LogP contribution is -2.14. The first-order valence-electron chi connectivity index (χ1n) is 5.80. The van der Waals surface area contributed by atoms with Crippen LogP contribution in [0.25, 0.3) is 0 Å². The third-order valence-corrected chi connectivity index (χ3v) is 2.47. The van der Waals surface area contributed by atoms with Crippen molar-refractivity contribution in [2.75, 3.05) is 20.3 Å². The molecule has 0 aliphatic rings. The molecule has 0 aliphatic carbocycles. The third kappa shape index (κ3) is 5.73. The second kappa shape index (κ2) is 8.13. The number of hydrogen-bond donors (Lipinski definition) is 2. The number of ether oxygens (including phenoxy) is 1. The van der Waals surface area contributed by atoms with Crippen molar-refractivity contribution in [3.8, 4) is 5.75 Å². The van der Waals surface area contributed by atoms with E-state index in [1.165, 1.54) is 18.4 Å². The topological polar surface area (TPSA) is 41.5 Å². The van der Waals surface area contributed by atoms with Crippen molar-refractivity contribution in [2.24, 2.45) is 0 Å². The average Bonchev–Trinajstić information content (AvgIpc) is 2.30. The van der Waals surface area contributed by atoms with E-state index in [9.17, 15) is 0 Å². The lowest BCUT2D eigenvalue weighted by molar-refractivity contribution is 0.192. The van der Waals surface area contributed by atoms with E-state index >= 15 is 0 Å². The molecular formula is C13H21NO2. The minimum atomic E-state index is 0.323. The molecule has 0 radical (unpaired) electrons. The molecule has 0 unspecified atom stereocenters. The van der Waals surface area contributed by atoms with Crippen molar-refractivity contribution >= 4 is 0 Å². The number of phenolic OH excluding ortho intramolecular Hbond substituents is 1. The van der Waals surface area contributed by atoms with E-state index in [1.54, 1.807) is 19.2 Å². The summed E-state index contributed by atoms with van der Waals surface area (Å²) in [7, 11) is 1.74. The van der Waals surface area contributed by atoms with Gasteiger partial charge < -0.3 is 15.2 Å². The number of rotatable bonds is 8. The van der Waals surface area contributed by atoms with Gasteiger partial charge >= 0.3 is 0 Å². The fraction of sp³-hybridized carbons (Fsp3) is 0.538. The van der Waals surface area contributed by atoms with Crippen LogP contribution in [0.1, 0.15) is 24.8 Å². The van der Waals surface area contributed by atoms with Crippen molar-refractivity contribution in [3.63, 3.8) is 0 Å². The Kier molecular flexibility index (Phi) is 6.61. The highest BCUT2D eigenvalue weighted by atomic mass is 16.5. The molecule has 0 spiro atoms. The first-order valence-corrected chi connectivity index (χ1v) is 5.80. The normalized spacial score (nSPS) is 10.6. The molecule has 1 aromatic rings. The van der Waals surface area contributed by atoms with Crippen LogP contribution in [0, 0.1) is 0 Å². The molecule has 0 aromatic heterocycles. The summed E-state index contributed by atoms with van der Waals surface area (Å²) in [6, 6.07) is 7.31. The van der Waals surface area contributed by atoms with Crippen molar-refractivity contribution in [1.29, 1.82) is 0 Å². The average molecular weight is 223 g/mol. The standard InChI is InChI=1S/C13H21NO2/c1-16-10-4-2-3-9-14-11-12-5-7-13(15)8-6-12/h5-8,14-15H,2-4,9-11H2,1H3. The Hall–Kier alpha value is -1.06. The Morgan fingerprint density at radius 2 is 1.88 bits per heavy atom. The summed E-state index contributed by atoms with van der Waals surface area (Å²) < 4.78 is 4.98. The molecule has 0 fully saturated rings. The fourth-order valence-corrected chi connectivity index (χ4v) is 1.52.